The fourth-order valence-electron chi connectivity index (χ4n) is 4.54. The van der Waals surface area contributed by atoms with Gasteiger partial charge in [0.1, 0.15) is 21.9 Å². The van der Waals surface area contributed by atoms with E-state index in [2.05, 4.69) is 5.32 Å². The number of methoxy groups -OCH3 is 2. The molecule has 0 aliphatic carbocycles. The van der Waals surface area contributed by atoms with Gasteiger partial charge in [0.2, 0.25) is 5.91 Å². The molecule has 4 aromatic rings. The largest absolute Gasteiger partial charge is 0.493 e. The molecule has 2 aromatic heterocycles. The molecule has 0 spiro atoms. The van der Waals surface area contributed by atoms with Crippen LogP contribution in [-0.2, 0) is 17.9 Å². The maximum absolute atomic E-state index is 13.9. The number of nitrogens with zero attached hydrogens (tertiary/aromatic N) is 2. The van der Waals surface area contributed by atoms with Crippen LogP contribution >= 0.6 is 11.3 Å². The normalized spacial score (nSPS) is 17.4. The Bertz CT molecular complexity index is 1430. The van der Waals surface area contributed by atoms with Gasteiger partial charge in [-0.25, -0.2) is 4.39 Å². The number of amides is 2. The predicted octanol–water partition coefficient (Wildman–Crippen LogP) is 4.59. The molecule has 2 aromatic carbocycles. The van der Waals surface area contributed by atoms with Crippen LogP contribution in [-0.4, -0.2) is 36.1 Å². The van der Waals surface area contributed by atoms with Crippen LogP contribution in [0.3, 0.4) is 0 Å². The highest BCUT2D eigenvalue weighted by Crippen LogP contribution is 2.40. The lowest BCUT2D eigenvalue weighted by Gasteiger charge is -2.44. The lowest BCUT2D eigenvalue weighted by molar-refractivity contribution is -0.126. The van der Waals surface area contributed by atoms with Crippen molar-refractivity contribution in [2.45, 2.75) is 25.6 Å². The molecular weight excluding hydrogens is 469 g/mol. The molecule has 1 aliphatic rings. The van der Waals surface area contributed by atoms with Gasteiger partial charge in [-0.1, -0.05) is 12.1 Å². The summed E-state index contributed by atoms with van der Waals surface area (Å²) in [5.74, 6) is 0.0193. The number of thiophene rings is 1. The molecule has 0 radical (unpaired) electrons. The van der Waals surface area contributed by atoms with Crippen molar-refractivity contribution in [2.24, 2.45) is 0 Å². The second-order valence-electron chi connectivity index (χ2n) is 8.56. The number of anilines is 1. The zero-order valence-corrected chi connectivity index (χ0v) is 20.3. The van der Waals surface area contributed by atoms with Crippen molar-refractivity contribution < 1.29 is 23.5 Å². The first kappa shape index (κ1) is 22.9. The summed E-state index contributed by atoms with van der Waals surface area (Å²) in [6.45, 7) is 2.22. The molecule has 35 heavy (non-hydrogen) atoms. The molecule has 7 nitrogen and oxygen atoms in total. The Morgan fingerprint density at radius 2 is 1.83 bits per heavy atom. The number of halogens is 1. The van der Waals surface area contributed by atoms with E-state index in [-0.39, 0.29) is 30.7 Å². The van der Waals surface area contributed by atoms with E-state index >= 15 is 0 Å². The van der Waals surface area contributed by atoms with Crippen LogP contribution in [0.5, 0.6) is 11.5 Å². The van der Waals surface area contributed by atoms with Gasteiger partial charge < -0.3 is 19.4 Å². The van der Waals surface area contributed by atoms with Gasteiger partial charge in [-0.2, -0.15) is 0 Å². The highest BCUT2D eigenvalue weighted by Gasteiger charge is 2.48. The predicted molar refractivity (Wildman–Crippen MR) is 133 cm³/mol. The third kappa shape index (κ3) is 3.81. The molecule has 9 heteroatoms. The van der Waals surface area contributed by atoms with Gasteiger partial charge in [0, 0.05) is 23.7 Å². The van der Waals surface area contributed by atoms with Crippen molar-refractivity contribution >= 4 is 39.1 Å². The molecule has 0 unspecified atom stereocenters. The Labute approximate surface area is 205 Å². The first-order valence-electron chi connectivity index (χ1n) is 11.0. The molecule has 0 bridgehead atoms. The average molecular weight is 494 g/mol. The number of rotatable bonds is 6. The molecule has 1 atom stereocenters. The Morgan fingerprint density at radius 3 is 2.54 bits per heavy atom. The summed E-state index contributed by atoms with van der Waals surface area (Å²) >= 11 is 1.53. The van der Waals surface area contributed by atoms with Gasteiger partial charge in [-0.05, 0) is 54.3 Å². The van der Waals surface area contributed by atoms with Gasteiger partial charge in [0.25, 0.3) is 5.91 Å². The SMILES string of the molecule is COc1ccc(N2C(=O)c3cc4ccsc4n3C[C@@]2(C)C(=O)NCc2ccc(F)cc2)cc1OC. The molecule has 180 valence electrons. The fraction of sp³-hybridized carbons (Fsp3) is 0.231. The number of carbonyl (C=O) groups excluding carboxylic acids is 2. The second kappa shape index (κ2) is 8.74. The number of ether oxygens (including phenoxy) is 2. The summed E-state index contributed by atoms with van der Waals surface area (Å²) < 4.78 is 26.0. The Balaban J connectivity index is 1.57. The average Bonchev–Trinajstić information content (AvgIpc) is 3.46. The molecule has 0 fully saturated rings. The zero-order valence-electron chi connectivity index (χ0n) is 19.5. The van der Waals surface area contributed by atoms with E-state index in [1.165, 1.54) is 42.6 Å². The van der Waals surface area contributed by atoms with Gasteiger partial charge in [-0.3, -0.25) is 14.5 Å². The maximum Gasteiger partial charge on any atom is 0.275 e. The topological polar surface area (TPSA) is 72.8 Å². The smallest absolute Gasteiger partial charge is 0.275 e. The quantitative estimate of drug-likeness (QED) is 0.426. The van der Waals surface area contributed by atoms with E-state index in [1.807, 2.05) is 22.1 Å². The highest BCUT2D eigenvalue weighted by atomic mass is 32.1. The summed E-state index contributed by atoms with van der Waals surface area (Å²) in [6.07, 6.45) is 0. The number of carbonyl (C=O) groups is 2. The van der Waals surface area contributed by atoms with Crippen LogP contribution in [0.25, 0.3) is 10.2 Å². The number of benzene rings is 2. The van der Waals surface area contributed by atoms with E-state index in [4.69, 9.17) is 9.47 Å². The third-order valence-corrected chi connectivity index (χ3v) is 7.32. The van der Waals surface area contributed by atoms with Crippen molar-refractivity contribution in [3.05, 3.63) is 77.1 Å². The Kier molecular flexibility index (Phi) is 5.72. The van der Waals surface area contributed by atoms with Gasteiger partial charge in [0.15, 0.2) is 11.5 Å². The van der Waals surface area contributed by atoms with E-state index in [0.29, 0.717) is 22.9 Å². The minimum atomic E-state index is -1.25. The monoisotopic (exact) mass is 493 g/mol. The third-order valence-electron chi connectivity index (χ3n) is 6.36. The minimum absolute atomic E-state index is 0.204. The number of hydrogen-bond donors (Lipinski definition) is 1. The molecule has 2 amide bonds. The van der Waals surface area contributed by atoms with Crippen LogP contribution in [0, 0.1) is 5.82 Å². The van der Waals surface area contributed by atoms with Crippen molar-refractivity contribution in [1.29, 1.82) is 0 Å². The van der Waals surface area contributed by atoms with Gasteiger partial charge in [0.05, 0.1) is 20.8 Å². The summed E-state index contributed by atoms with van der Waals surface area (Å²) in [4.78, 5) is 30.1. The van der Waals surface area contributed by atoms with Crippen LogP contribution in [0.2, 0.25) is 0 Å². The van der Waals surface area contributed by atoms with E-state index in [9.17, 15) is 14.0 Å². The lowest BCUT2D eigenvalue weighted by atomic mass is 9.93. The van der Waals surface area contributed by atoms with Crippen molar-refractivity contribution in [2.75, 3.05) is 19.1 Å². The zero-order chi connectivity index (χ0) is 24.7. The maximum atomic E-state index is 13.9. The van der Waals surface area contributed by atoms with Gasteiger partial charge >= 0.3 is 0 Å². The number of fused-ring (bicyclic) bond motifs is 3. The van der Waals surface area contributed by atoms with Crippen LogP contribution < -0.4 is 19.7 Å². The first-order valence-corrected chi connectivity index (χ1v) is 11.9. The van der Waals surface area contributed by atoms with E-state index < -0.39 is 5.54 Å². The Hall–Kier alpha value is -3.85. The standard InChI is InChI=1S/C26H24FN3O4S/c1-26(25(32)28-14-16-4-6-18(27)7-5-16)15-29-20(12-17-10-11-35-24(17)29)23(31)30(26)19-8-9-21(33-2)22(13-19)34-3/h4-13H,14-15H2,1-3H3,(H,28,32)/t26-/m0/s1. The fourth-order valence-corrected chi connectivity index (χ4v) is 5.44. The second-order valence-corrected chi connectivity index (χ2v) is 9.45. The van der Waals surface area contributed by atoms with E-state index in [0.717, 1.165) is 15.8 Å². The molecule has 0 saturated carbocycles. The van der Waals surface area contributed by atoms with Crippen LogP contribution in [0.1, 0.15) is 23.0 Å². The highest BCUT2D eigenvalue weighted by molar-refractivity contribution is 7.16. The van der Waals surface area contributed by atoms with Crippen molar-refractivity contribution in [3.63, 3.8) is 0 Å². The summed E-state index contributed by atoms with van der Waals surface area (Å²) in [5.41, 5.74) is 0.540. The summed E-state index contributed by atoms with van der Waals surface area (Å²) in [6, 6.07) is 14.9. The number of aromatic nitrogens is 1. The molecule has 5 rings (SSSR count). The first-order chi connectivity index (χ1) is 16.9. The van der Waals surface area contributed by atoms with E-state index in [1.54, 1.807) is 37.3 Å². The van der Waals surface area contributed by atoms with Crippen LogP contribution in [0.15, 0.2) is 60.0 Å². The summed E-state index contributed by atoms with van der Waals surface area (Å²) in [5, 5.41) is 5.87. The Morgan fingerprint density at radius 1 is 1.09 bits per heavy atom. The van der Waals surface area contributed by atoms with Crippen molar-refractivity contribution in [1.82, 2.24) is 9.88 Å². The van der Waals surface area contributed by atoms with Crippen LogP contribution in [0.4, 0.5) is 10.1 Å². The molecule has 0 saturated heterocycles. The summed E-state index contributed by atoms with van der Waals surface area (Å²) in [7, 11) is 3.06. The minimum Gasteiger partial charge on any atom is -0.493 e. The molecule has 1 N–H and O–H groups in total. The lowest BCUT2D eigenvalue weighted by Crippen LogP contribution is -2.64. The molecule has 1 aliphatic heterocycles. The molecule has 3 heterocycles. The number of hydrogen-bond acceptors (Lipinski definition) is 5. The van der Waals surface area contributed by atoms with Crippen molar-refractivity contribution in [3.8, 4) is 11.5 Å². The van der Waals surface area contributed by atoms with Gasteiger partial charge in [-0.15, -0.1) is 11.3 Å². The molecular formula is C26H24FN3O4S. The number of nitrogens with one attached hydrogen (secondary N) is 1.